The van der Waals surface area contributed by atoms with E-state index in [2.05, 4.69) is 10.0 Å². The molecule has 0 spiro atoms. The average Bonchev–Trinajstić information content (AvgIpc) is 2.73. The number of rotatable bonds is 6. The minimum atomic E-state index is -3.70. The van der Waals surface area contributed by atoms with E-state index in [9.17, 15) is 18.0 Å². The molecule has 1 unspecified atom stereocenters. The van der Waals surface area contributed by atoms with Crippen LogP contribution in [0.15, 0.2) is 53.4 Å². The van der Waals surface area contributed by atoms with Crippen molar-refractivity contribution in [3.8, 4) is 0 Å². The van der Waals surface area contributed by atoms with Gasteiger partial charge in [-0.2, -0.15) is 0 Å². The summed E-state index contributed by atoms with van der Waals surface area (Å²) >= 11 is 0. The van der Waals surface area contributed by atoms with Crippen LogP contribution in [-0.2, 0) is 14.8 Å². The van der Waals surface area contributed by atoms with E-state index in [4.69, 9.17) is 0 Å². The minimum Gasteiger partial charge on any atom is -0.354 e. The highest BCUT2D eigenvalue weighted by molar-refractivity contribution is 7.92. The van der Waals surface area contributed by atoms with Gasteiger partial charge in [0.2, 0.25) is 5.91 Å². The third kappa shape index (κ3) is 5.85. The first kappa shape index (κ1) is 22.8. The maximum Gasteiger partial charge on any atom is 0.261 e. The molecule has 0 saturated carbocycles. The molecule has 8 heteroatoms. The average molecular weight is 444 g/mol. The SMILES string of the molecule is Cc1ccc(S(=O)(=O)Nc2ccc(C(=O)N3CCCC(C(=O)NC(C)C)C3)cc2)cc1. The molecule has 2 amide bonds. The van der Waals surface area contributed by atoms with E-state index in [-0.39, 0.29) is 28.7 Å². The molecular formula is C23H29N3O4S. The van der Waals surface area contributed by atoms with Gasteiger partial charge in [-0.15, -0.1) is 0 Å². The molecule has 1 fully saturated rings. The zero-order valence-corrected chi connectivity index (χ0v) is 18.9. The van der Waals surface area contributed by atoms with Crippen LogP contribution in [0.1, 0.15) is 42.6 Å². The summed E-state index contributed by atoms with van der Waals surface area (Å²) in [6.45, 7) is 6.71. The lowest BCUT2D eigenvalue weighted by Gasteiger charge is -2.32. The van der Waals surface area contributed by atoms with Gasteiger partial charge in [0.1, 0.15) is 0 Å². The van der Waals surface area contributed by atoms with Crippen LogP contribution >= 0.6 is 0 Å². The first-order chi connectivity index (χ1) is 14.7. The number of benzene rings is 2. The Morgan fingerprint density at radius 2 is 1.68 bits per heavy atom. The highest BCUT2D eigenvalue weighted by Gasteiger charge is 2.29. The van der Waals surface area contributed by atoms with Gasteiger partial charge in [-0.05, 0) is 70.0 Å². The fourth-order valence-corrected chi connectivity index (χ4v) is 4.63. The number of nitrogens with one attached hydrogen (secondary N) is 2. The van der Waals surface area contributed by atoms with Crippen molar-refractivity contribution in [1.82, 2.24) is 10.2 Å². The smallest absolute Gasteiger partial charge is 0.261 e. The molecule has 3 rings (SSSR count). The Balaban J connectivity index is 1.66. The lowest BCUT2D eigenvalue weighted by molar-refractivity contribution is -0.126. The zero-order chi connectivity index (χ0) is 22.6. The molecule has 7 nitrogen and oxygen atoms in total. The van der Waals surface area contributed by atoms with E-state index in [1.807, 2.05) is 20.8 Å². The number of amides is 2. The number of hydrogen-bond donors (Lipinski definition) is 2. The number of piperidine rings is 1. The van der Waals surface area contributed by atoms with Gasteiger partial charge < -0.3 is 10.2 Å². The van der Waals surface area contributed by atoms with Crippen LogP contribution in [0.5, 0.6) is 0 Å². The van der Waals surface area contributed by atoms with E-state index in [0.717, 1.165) is 18.4 Å². The van der Waals surface area contributed by atoms with Crippen molar-refractivity contribution >= 4 is 27.5 Å². The molecule has 1 aliphatic heterocycles. The first-order valence-corrected chi connectivity index (χ1v) is 11.9. The Kier molecular flexibility index (Phi) is 7.00. The van der Waals surface area contributed by atoms with Crippen LogP contribution < -0.4 is 10.0 Å². The van der Waals surface area contributed by atoms with Crippen LogP contribution in [0, 0.1) is 12.8 Å². The summed E-state index contributed by atoms with van der Waals surface area (Å²) in [5, 5.41) is 2.92. The highest BCUT2D eigenvalue weighted by atomic mass is 32.2. The molecule has 0 aromatic heterocycles. The predicted octanol–water partition coefficient (Wildman–Crippen LogP) is 3.17. The van der Waals surface area contributed by atoms with Crippen LogP contribution in [0.4, 0.5) is 5.69 Å². The summed E-state index contributed by atoms with van der Waals surface area (Å²) < 4.78 is 27.6. The van der Waals surface area contributed by atoms with E-state index in [1.165, 1.54) is 0 Å². The normalized spacial score (nSPS) is 16.8. The molecule has 1 saturated heterocycles. The number of likely N-dealkylation sites (tertiary alicyclic amines) is 1. The Hall–Kier alpha value is -2.87. The molecule has 2 N–H and O–H groups in total. The van der Waals surface area contributed by atoms with Crippen molar-refractivity contribution in [3.63, 3.8) is 0 Å². The van der Waals surface area contributed by atoms with E-state index in [0.29, 0.717) is 24.3 Å². The Morgan fingerprint density at radius 3 is 2.29 bits per heavy atom. The van der Waals surface area contributed by atoms with Crippen molar-refractivity contribution in [2.45, 2.75) is 44.6 Å². The zero-order valence-electron chi connectivity index (χ0n) is 18.1. The first-order valence-electron chi connectivity index (χ1n) is 10.4. The molecule has 31 heavy (non-hydrogen) atoms. The molecule has 0 aliphatic carbocycles. The summed E-state index contributed by atoms with van der Waals surface area (Å²) in [5.74, 6) is -0.385. The molecule has 0 bridgehead atoms. The molecule has 1 aliphatic rings. The van der Waals surface area contributed by atoms with Crippen molar-refractivity contribution in [2.24, 2.45) is 5.92 Å². The van der Waals surface area contributed by atoms with Gasteiger partial charge in [-0.3, -0.25) is 14.3 Å². The number of anilines is 1. The van der Waals surface area contributed by atoms with Crippen LogP contribution in [-0.4, -0.2) is 44.3 Å². The highest BCUT2D eigenvalue weighted by Crippen LogP contribution is 2.21. The van der Waals surface area contributed by atoms with Crippen LogP contribution in [0.2, 0.25) is 0 Å². The van der Waals surface area contributed by atoms with E-state index >= 15 is 0 Å². The Labute approximate surface area is 183 Å². The topological polar surface area (TPSA) is 95.6 Å². The van der Waals surface area contributed by atoms with Gasteiger partial charge in [0.25, 0.3) is 15.9 Å². The molecule has 1 heterocycles. The second kappa shape index (κ2) is 9.51. The van der Waals surface area contributed by atoms with Gasteiger partial charge in [0.15, 0.2) is 0 Å². The number of nitrogens with zero attached hydrogens (tertiary/aromatic N) is 1. The second-order valence-corrected chi connectivity index (χ2v) is 9.93. The lowest BCUT2D eigenvalue weighted by atomic mass is 9.96. The predicted molar refractivity (Wildman–Crippen MR) is 120 cm³/mol. The van der Waals surface area contributed by atoms with Crippen LogP contribution in [0.3, 0.4) is 0 Å². The number of carbonyl (C=O) groups excluding carboxylic acids is 2. The molecule has 0 radical (unpaired) electrons. The quantitative estimate of drug-likeness (QED) is 0.717. The molecule has 166 valence electrons. The fourth-order valence-electron chi connectivity index (χ4n) is 3.57. The van der Waals surface area contributed by atoms with Gasteiger partial charge in [0.05, 0.1) is 10.8 Å². The maximum absolute atomic E-state index is 12.9. The second-order valence-electron chi connectivity index (χ2n) is 8.25. The van der Waals surface area contributed by atoms with E-state index in [1.54, 1.807) is 53.4 Å². The van der Waals surface area contributed by atoms with Crippen molar-refractivity contribution in [1.29, 1.82) is 0 Å². The van der Waals surface area contributed by atoms with Gasteiger partial charge >= 0.3 is 0 Å². The van der Waals surface area contributed by atoms with Gasteiger partial charge in [-0.25, -0.2) is 8.42 Å². The van der Waals surface area contributed by atoms with Crippen LogP contribution in [0.25, 0.3) is 0 Å². The Bertz CT molecular complexity index is 1030. The third-order valence-electron chi connectivity index (χ3n) is 5.23. The summed E-state index contributed by atoms with van der Waals surface area (Å²) in [6, 6.07) is 13.0. The molecule has 2 aromatic carbocycles. The van der Waals surface area contributed by atoms with E-state index < -0.39 is 10.0 Å². The standard InChI is InChI=1S/C23H29N3O4S/c1-16(2)24-22(27)19-5-4-14-26(15-19)23(28)18-8-10-20(11-9-18)25-31(29,30)21-12-6-17(3)7-13-21/h6-13,16,19,25H,4-5,14-15H2,1-3H3,(H,24,27). The van der Waals surface area contributed by atoms with Crippen molar-refractivity contribution < 1.29 is 18.0 Å². The monoisotopic (exact) mass is 443 g/mol. The molecular weight excluding hydrogens is 414 g/mol. The molecule has 2 aromatic rings. The number of hydrogen-bond acceptors (Lipinski definition) is 4. The van der Waals surface area contributed by atoms with Crippen molar-refractivity contribution in [3.05, 3.63) is 59.7 Å². The number of aryl methyl sites for hydroxylation is 1. The summed E-state index contributed by atoms with van der Waals surface area (Å²) in [7, 11) is -3.70. The lowest BCUT2D eigenvalue weighted by Crippen LogP contribution is -2.46. The summed E-state index contributed by atoms with van der Waals surface area (Å²) in [5.41, 5.74) is 1.82. The largest absolute Gasteiger partial charge is 0.354 e. The maximum atomic E-state index is 12.9. The van der Waals surface area contributed by atoms with Crippen molar-refractivity contribution in [2.75, 3.05) is 17.8 Å². The summed E-state index contributed by atoms with van der Waals surface area (Å²) in [6.07, 6.45) is 1.54. The van der Waals surface area contributed by atoms with Gasteiger partial charge in [-0.1, -0.05) is 17.7 Å². The third-order valence-corrected chi connectivity index (χ3v) is 6.62. The summed E-state index contributed by atoms with van der Waals surface area (Å²) in [4.78, 5) is 27.1. The molecule has 1 atom stereocenters. The fraction of sp³-hybridized carbons (Fsp3) is 0.391. The minimum absolute atomic E-state index is 0.0200. The number of carbonyl (C=O) groups is 2. The van der Waals surface area contributed by atoms with Gasteiger partial charge in [0, 0.05) is 30.4 Å². The Morgan fingerprint density at radius 1 is 1.03 bits per heavy atom. The number of sulfonamides is 1.